The summed E-state index contributed by atoms with van der Waals surface area (Å²) in [7, 11) is 1.97. The summed E-state index contributed by atoms with van der Waals surface area (Å²) in [6, 6.07) is 4.24. The summed E-state index contributed by atoms with van der Waals surface area (Å²) >= 11 is 0. The molecule has 1 aliphatic rings. The smallest absolute Gasteiger partial charge is 0.123 e. The van der Waals surface area contributed by atoms with Crippen molar-refractivity contribution in [2.24, 2.45) is 5.92 Å². The molecule has 2 unspecified atom stereocenters. The van der Waals surface area contributed by atoms with Gasteiger partial charge in [-0.05, 0) is 64.0 Å². The van der Waals surface area contributed by atoms with Crippen LogP contribution < -0.4 is 5.32 Å². The second-order valence-electron chi connectivity index (χ2n) is 5.44. The van der Waals surface area contributed by atoms with E-state index in [1.54, 1.807) is 0 Å². The number of halogens is 1. The van der Waals surface area contributed by atoms with Crippen molar-refractivity contribution >= 4 is 0 Å². The number of nitrogens with one attached hydrogen (secondary N) is 1. The van der Waals surface area contributed by atoms with Crippen molar-refractivity contribution in [2.75, 3.05) is 26.7 Å². The highest BCUT2D eigenvalue weighted by Crippen LogP contribution is 2.31. The van der Waals surface area contributed by atoms with Crippen LogP contribution in [0.1, 0.15) is 31.4 Å². The molecule has 19 heavy (non-hydrogen) atoms. The topological polar surface area (TPSA) is 35.5 Å². The summed E-state index contributed by atoms with van der Waals surface area (Å²) in [5.41, 5.74) is 0.685. The van der Waals surface area contributed by atoms with Crippen LogP contribution in [-0.2, 0) is 0 Å². The lowest BCUT2D eigenvalue weighted by Gasteiger charge is -2.37. The molecule has 0 amide bonds. The van der Waals surface area contributed by atoms with Crippen LogP contribution in [0.25, 0.3) is 0 Å². The minimum atomic E-state index is -0.288. The molecule has 0 radical (unpaired) electrons. The minimum absolute atomic E-state index is 0.0513. The van der Waals surface area contributed by atoms with Crippen LogP contribution >= 0.6 is 0 Å². The molecule has 2 rings (SSSR count). The van der Waals surface area contributed by atoms with Crippen LogP contribution in [0.2, 0.25) is 0 Å². The van der Waals surface area contributed by atoms with Gasteiger partial charge < -0.3 is 10.4 Å². The fourth-order valence-electron chi connectivity index (χ4n) is 2.96. The van der Waals surface area contributed by atoms with E-state index in [2.05, 4.69) is 10.2 Å². The van der Waals surface area contributed by atoms with Crippen molar-refractivity contribution in [1.82, 2.24) is 10.2 Å². The van der Waals surface area contributed by atoms with E-state index in [4.69, 9.17) is 0 Å². The Morgan fingerprint density at radius 3 is 3.05 bits per heavy atom. The highest BCUT2D eigenvalue weighted by molar-refractivity contribution is 5.35. The number of phenols is 1. The van der Waals surface area contributed by atoms with Crippen molar-refractivity contribution in [3.05, 3.63) is 29.6 Å². The molecule has 0 aromatic heterocycles. The number of piperidine rings is 1. The van der Waals surface area contributed by atoms with Crippen LogP contribution in [-0.4, -0.2) is 36.7 Å². The van der Waals surface area contributed by atoms with Crippen LogP contribution in [0.5, 0.6) is 5.75 Å². The predicted octanol–water partition coefficient (Wildman–Crippen LogP) is 2.52. The molecular formula is C15H23FN2O. The lowest BCUT2D eigenvalue weighted by molar-refractivity contribution is 0.130. The van der Waals surface area contributed by atoms with Crippen molar-refractivity contribution in [3.8, 4) is 5.75 Å². The molecule has 3 nitrogen and oxygen atoms in total. The molecule has 1 saturated heterocycles. The Kier molecular flexibility index (Phi) is 4.77. The van der Waals surface area contributed by atoms with Gasteiger partial charge in [-0.1, -0.05) is 0 Å². The number of hydrogen-bond acceptors (Lipinski definition) is 3. The summed E-state index contributed by atoms with van der Waals surface area (Å²) in [6.45, 7) is 5.06. The zero-order valence-corrected chi connectivity index (χ0v) is 11.7. The molecule has 1 aliphatic heterocycles. The van der Waals surface area contributed by atoms with Gasteiger partial charge in [0.1, 0.15) is 11.6 Å². The number of hydrogen-bond donors (Lipinski definition) is 2. The molecule has 0 aliphatic carbocycles. The van der Waals surface area contributed by atoms with Crippen molar-refractivity contribution in [2.45, 2.75) is 25.8 Å². The van der Waals surface area contributed by atoms with E-state index in [-0.39, 0.29) is 17.6 Å². The molecule has 1 fully saturated rings. The van der Waals surface area contributed by atoms with Gasteiger partial charge in [0.25, 0.3) is 0 Å². The maximum absolute atomic E-state index is 13.3. The van der Waals surface area contributed by atoms with Gasteiger partial charge in [0.05, 0.1) is 0 Å². The van der Waals surface area contributed by atoms with E-state index in [1.165, 1.54) is 24.6 Å². The Labute approximate surface area is 114 Å². The zero-order chi connectivity index (χ0) is 13.8. The fraction of sp³-hybridized carbons (Fsp3) is 0.600. The first-order valence-electron chi connectivity index (χ1n) is 6.99. The quantitative estimate of drug-likeness (QED) is 0.879. The monoisotopic (exact) mass is 266 g/mol. The lowest BCUT2D eigenvalue weighted by atomic mass is 9.95. The average Bonchev–Trinajstić information content (AvgIpc) is 2.41. The molecular weight excluding hydrogens is 243 g/mol. The van der Waals surface area contributed by atoms with Gasteiger partial charge in [-0.3, -0.25) is 4.90 Å². The SMILES string of the molecule is CNCC1CCCN(C(C)c2cc(F)ccc2O)C1. The van der Waals surface area contributed by atoms with E-state index in [1.807, 2.05) is 14.0 Å². The normalized spacial score (nSPS) is 22.4. The molecule has 0 saturated carbocycles. The number of nitrogens with zero attached hydrogens (tertiary/aromatic N) is 1. The standard InChI is InChI=1S/C15H23FN2O/c1-11(14-8-13(16)5-6-15(14)19)18-7-3-4-12(10-18)9-17-2/h5-6,8,11-12,17,19H,3-4,7,9-10H2,1-2H3. The first-order chi connectivity index (χ1) is 9.11. The maximum Gasteiger partial charge on any atom is 0.123 e. The number of aromatic hydroxyl groups is 1. The molecule has 1 aromatic rings. The van der Waals surface area contributed by atoms with Gasteiger partial charge in [-0.15, -0.1) is 0 Å². The summed E-state index contributed by atoms with van der Waals surface area (Å²) in [5.74, 6) is 0.532. The number of rotatable bonds is 4. The second kappa shape index (κ2) is 6.35. The molecule has 2 atom stereocenters. The third-order valence-corrected chi connectivity index (χ3v) is 4.03. The summed E-state index contributed by atoms with van der Waals surface area (Å²) in [4.78, 5) is 2.33. The Morgan fingerprint density at radius 2 is 2.32 bits per heavy atom. The molecule has 0 bridgehead atoms. The van der Waals surface area contributed by atoms with Gasteiger partial charge in [0, 0.05) is 18.2 Å². The Balaban J connectivity index is 2.10. The van der Waals surface area contributed by atoms with Crippen molar-refractivity contribution in [3.63, 3.8) is 0 Å². The van der Waals surface area contributed by atoms with Gasteiger partial charge >= 0.3 is 0 Å². The van der Waals surface area contributed by atoms with Crippen LogP contribution in [0.3, 0.4) is 0 Å². The number of likely N-dealkylation sites (tertiary alicyclic amines) is 1. The lowest BCUT2D eigenvalue weighted by Crippen LogP contribution is -2.40. The third kappa shape index (κ3) is 3.45. The van der Waals surface area contributed by atoms with Crippen molar-refractivity contribution in [1.29, 1.82) is 0 Å². The highest BCUT2D eigenvalue weighted by atomic mass is 19.1. The van der Waals surface area contributed by atoms with Crippen LogP contribution in [0.15, 0.2) is 18.2 Å². The van der Waals surface area contributed by atoms with Crippen LogP contribution in [0.4, 0.5) is 4.39 Å². The largest absolute Gasteiger partial charge is 0.508 e. The van der Waals surface area contributed by atoms with Gasteiger partial charge in [-0.2, -0.15) is 0 Å². The minimum Gasteiger partial charge on any atom is -0.508 e. The first kappa shape index (κ1) is 14.3. The molecule has 1 heterocycles. The number of phenolic OH excluding ortho intramolecular Hbond substituents is 1. The Morgan fingerprint density at radius 1 is 1.53 bits per heavy atom. The first-order valence-corrected chi connectivity index (χ1v) is 6.99. The Bertz CT molecular complexity index is 423. The molecule has 2 N–H and O–H groups in total. The van der Waals surface area contributed by atoms with Gasteiger partial charge in [0.2, 0.25) is 0 Å². The highest BCUT2D eigenvalue weighted by Gasteiger charge is 2.25. The third-order valence-electron chi connectivity index (χ3n) is 4.03. The van der Waals surface area contributed by atoms with Crippen molar-refractivity contribution < 1.29 is 9.50 Å². The van der Waals surface area contributed by atoms with Crippen LogP contribution in [0, 0.1) is 11.7 Å². The summed E-state index contributed by atoms with van der Waals surface area (Å²) < 4.78 is 13.3. The van der Waals surface area contributed by atoms with Gasteiger partial charge in [-0.25, -0.2) is 4.39 Å². The molecule has 0 spiro atoms. The van der Waals surface area contributed by atoms with E-state index >= 15 is 0 Å². The fourth-order valence-corrected chi connectivity index (χ4v) is 2.96. The molecule has 106 valence electrons. The summed E-state index contributed by atoms with van der Waals surface area (Å²) in [6.07, 6.45) is 2.39. The molecule has 1 aromatic carbocycles. The van der Waals surface area contributed by atoms with E-state index in [0.29, 0.717) is 11.5 Å². The van der Waals surface area contributed by atoms with E-state index in [9.17, 15) is 9.50 Å². The second-order valence-corrected chi connectivity index (χ2v) is 5.44. The average molecular weight is 266 g/mol. The van der Waals surface area contributed by atoms with Gasteiger partial charge in [0.15, 0.2) is 0 Å². The van der Waals surface area contributed by atoms with E-state index in [0.717, 1.165) is 26.1 Å². The zero-order valence-electron chi connectivity index (χ0n) is 11.7. The maximum atomic E-state index is 13.3. The Hall–Kier alpha value is -1.13. The number of benzene rings is 1. The summed E-state index contributed by atoms with van der Waals surface area (Å²) in [5, 5.41) is 13.1. The molecule has 4 heteroatoms. The predicted molar refractivity (Wildman–Crippen MR) is 74.7 cm³/mol. The van der Waals surface area contributed by atoms with E-state index < -0.39 is 0 Å².